The molecule has 2 rings (SSSR count). The van der Waals surface area contributed by atoms with Crippen molar-refractivity contribution in [1.82, 2.24) is 5.32 Å². The minimum atomic E-state index is 0.0787. The zero-order valence-corrected chi connectivity index (χ0v) is 13.2. The summed E-state index contributed by atoms with van der Waals surface area (Å²) in [7, 11) is 3.61. The molecule has 0 amide bonds. The van der Waals surface area contributed by atoms with E-state index >= 15 is 0 Å². The molecule has 1 unspecified atom stereocenters. The fraction of sp³-hybridized carbons (Fsp3) is 0.231. The Morgan fingerprint density at radius 3 is 2.67 bits per heavy atom. The van der Waals surface area contributed by atoms with Crippen molar-refractivity contribution in [1.29, 1.82) is 0 Å². The number of para-hydroxylation sites is 1. The maximum Gasteiger partial charge on any atom is 0.124 e. The fourth-order valence-electron chi connectivity index (χ4n) is 1.86. The highest BCUT2D eigenvalue weighted by molar-refractivity contribution is 9.11. The van der Waals surface area contributed by atoms with Crippen LogP contribution >= 0.6 is 38.9 Å². The second-order valence-corrected chi connectivity index (χ2v) is 6.54. The number of hydrogen-bond acceptors (Lipinski definition) is 3. The summed E-state index contributed by atoms with van der Waals surface area (Å²) in [6.07, 6.45) is 0. The third-order valence-electron chi connectivity index (χ3n) is 2.69. The Morgan fingerprint density at radius 2 is 2.11 bits per heavy atom. The first-order valence-corrected chi connectivity index (χ1v) is 7.41. The van der Waals surface area contributed by atoms with E-state index in [9.17, 15) is 0 Å². The molecule has 0 fully saturated rings. The summed E-state index contributed by atoms with van der Waals surface area (Å²) in [5, 5.41) is 4.04. The fourth-order valence-corrected chi connectivity index (χ4v) is 3.74. The lowest BCUT2D eigenvalue weighted by Gasteiger charge is -2.17. The third-order valence-corrected chi connectivity index (χ3v) is 5.23. The van der Waals surface area contributed by atoms with Gasteiger partial charge in [-0.25, -0.2) is 0 Å². The van der Waals surface area contributed by atoms with Crippen molar-refractivity contribution in [3.8, 4) is 5.75 Å². The van der Waals surface area contributed by atoms with Crippen molar-refractivity contribution >= 4 is 38.9 Å². The molecule has 0 aliphatic carbocycles. The largest absolute Gasteiger partial charge is 0.496 e. The molecule has 5 heteroatoms. The highest BCUT2D eigenvalue weighted by atomic mass is 79.9. The molecule has 2 nitrogen and oxygen atoms in total. The van der Waals surface area contributed by atoms with Crippen molar-refractivity contribution in [2.75, 3.05) is 14.2 Å². The lowest BCUT2D eigenvalue weighted by atomic mass is 10.0. The number of ether oxygens (including phenoxy) is 1. The van der Waals surface area contributed by atoms with E-state index in [1.54, 1.807) is 18.4 Å². The Morgan fingerprint density at radius 1 is 1.39 bits per heavy atom. The second kappa shape index (κ2) is 6.06. The first-order valence-electron chi connectivity index (χ1n) is 5.42. The number of benzene rings is 1. The maximum atomic E-state index is 6.10. The van der Waals surface area contributed by atoms with Gasteiger partial charge in [0.15, 0.2) is 0 Å². The van der Waals surface area contributed by atoms with E-state index in [-0.39, 0.29) is 6.04 Å². The van der Waals surface area contributed by atoms with E-state index in [0.717, 1.165) is 25.0 Å². The van der Waals surface area contributed by atoms with Gasteiger partial charge in [0.05, 0.1) is 22.0 Å². The van der Waals surface area contributed by atoms with E-state index in [1.807, 2.05) is 31.3 Å². The van der Waals surface area contributed by atoms with Crippen LogP contribution in [0.1, 0.15) is 16.5 Å². The molecular formula is C13H13BrClNOS. The Hall–Kier alpha value is -0.550. The van der Waals surface area contributed by atoms with E-state index in [4.69, 9.17) is 16.3 Å². The predicted octanol–water partition coefficient (Wildman–Crippen LogP) is 4.48. The van der Waals surface area contributed by atoms with E-state index in [1.165, 1.54) is 0 Å². The van der Waals surface area contributed by atoms with Crippen molar-refractivity contribution in [3.63, 3.8) is 0 Å². The van der Waals surface area contributed by atoms with Crippen LogP contribution in [0.15, 0.2) is 34.1 Å². The van der Waals surface area contributed by atoms with Gasteiger partial charge in [0.1, 0.15) is 5.75 Å². The van der Waals surface area contributed by atoms with Gasteiger partial charge in [-0.3, -0.25) is 0 Å². The van der Waals surface area contributed by atoms with Gasteiger partial charge in [-0.05, 0) is 35.1 Å². The summed E-state index contributed by atoms with van der Waals surface area (Å²) in [5.41, 5.74) is 1.10. The van der Waals surface area contributed by atoms with Gasteiger partial charge in [-0.15, -0.1) is 11.3 Å². The average Bonchev–Trinajstić information content (AvgIpc) is 2.71. The van der Waals surface area contributed by atoms with Crippen molar-refractivity contribution < 1.29 is 4.74 Å². The summed E-state index contributed by atoms with van der Waals surface area (Å²) in [5.74, 6) is 0.873. The zero-order chi connectivity index (χ0) is 13.1. The van der Waals surface area contributed by atoms with Gasteiger partial charge >= 0.3 is 0 Å². The first kappa shape index (κ1) is 13.9. The molecule has 96 valence electrons. The first-order chi connectivity index (χ1) is 8.67. The Kier molecular flexibility index (Phi) is 4.67. The normalized spacial score (nSPS) is 12.4. The lowest BCUT2D eigenvalue weighted by Crippen LogP contribution is -2.17. The molecule has 0 aliphatic rings. The molecule has 1 aromatic heterocycles. The Labute approximate surface area is 124 Å². The lowest BCUT2D eigenvalue weighted by molar-refractivity contribution is 0.405. The van der Waals surface area contributed by atoms with Gasteiger partial charge in [0, 0.05) is 10.4 Å². The van der Waals surface area contributed by atoms with Crippen LogP contribution in [0.25, 0.3) is 0 Å². The molecule has 18 heavy (non-hydrogen) atoms. The van der Waals surface area contributed by atoms with Gasteiger partial charge in [-0.2, -0.15) is 0 Å². The number of nitrogens with one attached hydrogen (secondary N) is 1. The number of halogens is 2. The van der Waals surface area contributed by atoms with Gasteiger partial charge in [-0.1, -0.05) is 29.8 Å². The van der Waals surface area contributed by atoms with Crippen molar-refractivity contribution in [2.24, 2.45) is 0 Å². The van der Waals surface area contributed by atoms with Crippen LogP contribution in [0.3, 0.4) is 0 Å². The number of hydrogen-bond donors (Lipinski definition) is 1. The molecule has 1 heterocycles. The summed E-state index contributed by atoms with van der Waals surface area (Å²) in [4.78, 5) is 1.15. The highest BCUT2D eigenvalue weighted by Gasteiger charge is 2.19. The zero-order valence-electron chi connectivity index (χ0n) is 10.0. The van der Waals surface area contributed by atoms with Crippen molar-refractivity contribution in [3.05, 3.63) is 49.6 Å². The average molecular weight is 347 g/mol. The van der Waals surface area contributed by atoms with E-state index < -0.39 is 0 Å². The Bertz CT molecular complexity index is 524. The van der Waals surface area contributed by atoms with Gasteiger partial charge in [0.2, 0.25) is 0 Å². The number of methoxy groups -OCH3 is 1. The maximum absolute atomic E-state index is 6.10. The standard InChI is InChI=1S/C13H13BrClNOS/c1-16-12(11-7-9(15)13(14)18-11)8-5-3-4-6-10(8)17-2/h3-7,12,16H,1-2H3. The summed E-state index contributed by atoms with van der Waals surface area (Å²) >= 11 is 11.2. The van der Waals surface area contributed by atoms with Crippen LogP contribution in [0.4, 0.5) is 0 Å². The molecule has 0 saturated carbocycles. The van der Waals surface area contributed by atoms with E-state index in [2.05, 4.69) is 27.3 Å². The predicted molar refractivity (Wildman–Crippen MR) is 80.9 cm³/mol. The smallest absolute Gasteiger partial charge is 0.124 e. The highest BCUT2D eigenvalue weighted by Crippen LogP contribution is 2.39. The SMILES string of the molecule is CNC(c1cc(Cl)c(Br)s1)c1ccccc1OC. The third kappa shape index (κ3) is 2.72. The summed E-state index contributed by atoms with van der Waals surface area (Å²) < 4.78 is 6.36. The topological polar surface area (TPSA) is 21.3 Å². The quantitative estimate of drug-likeness (QED) is 0.881. The molecule has 1 aromatic carbocycles. The van der Waals surface area contributed by atoms with Crippen molar-refractivity contribution in [2.45, 2.75) is 6.04 Å². The van der Waals surface area contributed by atoms with Crippen LogP contribution in [0, 0.1) is 0 Å². The van der Waals surface area contributed by atoms with Crippen LogP contribution in [0.2, 0.25) is 5.02 Å². The molecule has 1 atom stereocenters. The molecule has 2 aromatic rings. The number of rotatable bonds is 4. The number of thiophene rings is 1. The van der Waals surface area contributed by atoms with Gasteiger partial charge in [0.25, 0.3) is 0 Å². The molecule has 0 bridgehead atoms. The summed E-state index contributed by atoms with van der Waals surface area (Å²) in [6.45, 7) is 0. The minimum absolute atomic E-state index is 0.0787. The molecule has 0 radical (unpaired) electrons. The molecular weight excluding hydrogens is 334 g/mol. The van der Waals surface area contributed by atoms with Gasteiger partial charge < -0.3 is 10.1 Å². The molecule has 1 N–H and O–H groups in total. The Balaban J connectivity index is 2.45. The van der Waals surface area contributed by atoms with Crippen LogP contribution < -0.4 is 10.1 Å². The van der Waals surface area contributed by atoms with Crippen LogP contribution in [-0.2, 0) is 0 Å². The monoisotopic (exact) mass is 345 g/mol. The molecule has 0 aliphatic heterocycles. The van der Waals surface area contributed by atoms with E-state index in [0.29, 0.717) is 0 Å². The second-order valence-electron chi connectivity index (χ2n) is 3.73. The van der Waals surface area contributed by atoms with Crippen LogP contribution in [0.5, 0.6) is 5.75 Å². The minimum Gasteiger partial charge on any atom is -0.496 e. The molecule has 0 saturated heterocycles. The molecule has 0 spiro atoms. The summed E-state index contributed by atoms with van der Waals surface area (Å²) in [6, 6.07) is 10.0. The van der Waals surface area contributed by atoms with Crippen LogP contribution in [-0.4, -0.2) is 14.2 Å².